The number of rotatable bonds is 9. The lowest BCUT2D eigenvalue weighted by Gasteiger charge is -2.38. The van der Waals surface area contributed by atoms with Crippen molar-refractivity contribution >= 4 is 0 Å². The predicted molar refractivity (Wildman–Crippen MR) is 137 cm³/mol. The van der Waals surface area contributed by atoms with E-state index in [-0.39, 0.29) is 0 Å². The smallest absolute Gasteiger partial charge is 0.222 e. The highest BCUT2D eigenvalue weighted by Gasteiger charge is 2.47. The van der Waals surface area contributed by atoms with Gasteiger partial charge in [-0.05, 0) is 91.0 Å². The Morgan fingerprint density at radius 2 is 1.24 bits per heavy atom. The Kier molecular flexibility index (Phi) is 9.49. The summed E-state index contributed by atoms with van der Waals surface area (Å²) in [4.78, 5) is 0. The zero-order chi connectivity index (χ0) is 27.3. The summed E-state index contributed by atoms with van der Waals surface area (Å²) in [5, 5.41) is 0. The minimum absolute atomic E-state index is 0.308. The summed E-state index contributed by atoms with van der Waals surface area (Å²) >= 11 is 0. The number of benzene rings is 2. The molecule has 0 amide bonds. The van der Waals surface area contributed by atoms with Gasteiger partial charge in [0.25, 0.3) is 0 Å². The third kappa shape index (κ3) is 7.77. The Labute approximate surface area is 222 Å². The van der Waals surface area contributed by atoms with Crippen LogP contribution >= 0.6 is 0 Å². The largest absolute Gasteiger partial charge is 0.527 e. The van der Waals surface area contributed by atoms with Gasteiger partial charge in [-0.3, -0.25) is 0 Å². The highest BCUT2D eigenvalue weighted by Crippen LogP contribution is 2.43. The van der Waals surface area contributed by atoms with Crippen molar-refractivity contribution in [2.45, 2.75) is 96.4 Å². The molecule has 0 atom stereocenters. The molecule has 2 aromatic rings. The van der Waals surface area contributed by atoms with Crippen LogP contribution in [0.5, 0.6) is 0 Å². The van der Waals surface area contributed by atoms with Crippen LogP contribution in [0.4, 0.5) is 26.3 Å². The number of hydrogen-bond donors (Lipinski definition) is 0. The SMILES string of the molecule is CCCC1CCC(C2CCC(CCc3ccc(-c4ccc(C(F)(F)OC(F)(F)F)c(F)c4)cc3)CC2)CC1. The number of halogens is 6. The Morgan fingerprint density at radius 1 is 0.711 bits per heavy atom. The summed E-state index contributed by atoms with van der Waals surface area (Å²) in [7, 11) is 0. The summed E-state index contributed by atoms with van der Waals surface area (Å²) in [5.41, 5.74) is 0.623. The van der Waals surface area contributed by atoms with Crippen molar-refractivity contribution in [3.63, 3.8) is 0 Å². The molecule has 210 valence electrons. The molecule has 2 aromatic carbocycles. The van der Waals surface area contributed by atoms with Crippen LogP contribution < -0.4 is 0 Å². The van der Waals surface area contributed by atoms with E-state index in [0.717, 1.165) is 48.1 Å². The van der Waals surface area contributed by atoms with E-state index in [1.54, 1.807) is 12.1 Å². The molecule has 38 heavy (non-hydrogen) atoms. The fourth-order valence-corrected chi connectivity index (χ4v) is 6.67. The number of alkyl halides is 5. The van der Waals surface area contributed by atoms with E-state index in [1.165, 1.54) is 70.3 Å². The maximum Gasteiger partial charge on any atom is 0.527 e. The minimum Gasteiger partial charge on any atom is -0.222 e. The first-order chi connectivity index (χ1) is 18.0. The van der Waals surface area contributed by atoms with Crippen molar-refractivity contribution in [1.82, 2.24) is 0 Å². The van der Waals surface area contributed by atoms with E-state index in [4.69, 9.17) is 0 Å². The monoisotopic (exact) mass is 540 g/mol. The molecule has 0 radical (unpaired) electrons. The average molecular weight is 541 g/mol. The van der Waals surface area contributed by atoms with Crippen LogP contribution in [0.15, 0.2) is 42.5 Å². The topological polar surface area (TPSA) is 9.23 Å². The van der Waals surface area contributed by atoms with Gasteiger partial charge in [-0.2, -0.15) is 8.78 Å². The Hall–Kier alpha value is -2.02. The maximum atomic E-state index is 14.3. The summed E-state index contributed by atoms with van der Waals surface area (Å²) in [5.74, 6) is 2.08. The van der Waals surface area contributed by atoms with E-state index in [9.17, 15) is 26.3 Å². The number of aryl methyl sites for hydroxylation is 1. The van der Waals surface area contributed by atoms with E-state index in [0.29, 0.717) is 17.2 Å². The lowest BCUT2D eigenvalue weighted by Crippen LogP contribution is -2.28. The van der Waals surface area contributed by atoms with E-state index in [2.05, 4.69) is 11.7 Å². The van der Waals surface area contributed by atoms with Gasteiger partial charge >= 0.3 is 12.5 Å². The number of ether oxygens (including phenoxy) is 1. The van der Waals surface area contributed by atoms with Crippen LogP contribution in [0.3, 0.4) is 0 Å². The summed E-state index contributed by atoms with van der Waals surface area (Å²) < 4.78 is 81.2. The minimum atomic E-state index is -5.59. The van der Waals surface area contributed by atoms with Gasteiger partial charge in [0.2, 0.25) is 0 Å². The average Bonchev–Trinajstić information content (AvgIpc) is 2.87. The first-order valence-corrected chi connectivity index (χ1v) is 14.1. The zero-order valence-corrected chi connectivity index (χ0v) is 22.0. The molecule has 0 aliphatic heterocycles. The van der Waals surface area contributed by atoms with Gasteiger partial charge in [-0.15, -0.1) is 13.2 Å². The molecule has 0 bridgehead atoms. The maximum absolute atomic E-state index is 14.3. The van der Waals surface area contributed by atoms with Crippen LogP contribution in [-0.4, -0.2) is 6.36 Å². The van der Waals surface area contributed by atoms with Gasteiger partial charge in [-0.1, -0.05) is 75.8 Å². The molecule has 1 nitrogen and oxygen atoms in total. The van der Waals surface area contributed by atoms with Crippen molar-refractivity contribution in [1.29, 1.82) is 0 Å². The second-order valence-corrected chi connectivity index (χ2v) is 11.3. The molecule has 0 unspecified atom stereocenters. The first-order valence-electron chi connectivity index (χ1n) is 14.1. The molecule has 2 aliphatic rings. The highest BCUT2D eigenvalue weighted by molar-refractivity contribution is 5.64. The van der Waals surface area contributed by atoms with Crippen LogP contribution in [0.2, 0.25) is 0 Å². The molecule has 0 heterocycles. The highest BCUT2D eigenvalue weighted by atomic mass is 19.4. The molecule has 2 aliphatic carbocycles. The molecule has 0 saturated heterocycles. The van der Waals surface area contributed by atoms with Gasteiger partial charge < -0.3 is 0 Å². The Bertz CT molecular complexity index is 1020. The van der Waals surface area contributed by atoms with Gasteiger partial charge in [0.15, 0.2) is 0 Å². The fraction of sp³-hybridized carbons (Fsp3) is 0.613. The van der Waals surface area contributed by atoms with Crippen molar-refractivity contribution in [2.75, 3.05) is 0 Å². The van der Waals surface area contributed by atoms with Crippen molar-refractivity contribution in [3.05, 3.63) is 59.4 Å². The molecular formula is C31H38F6O. The van der Waals surface area contributed by atoms with E-state index < -0.39 is 23.9 Å². The van der Waals surface area contributed by atoms with Crippen molar-refractivity contribution < 1.29 is 31.1 Å². The quantitative estimate of drug-likeness (QED) is 0.288. The number of hydrogen-bond acceptors (Lipinski definition) is 1. The van der Waals surface area contributed by atoms with Crippen LogP contribution in [0.25, 0.3) is 11.1 Å². The van der Waals surface area contributed by atoms with E-state index >= 15 is 0 Å². The third-order valence-electron chi connectivity index (χ3n) is 8.80. The second-order valence-electron chi connectivity index (χ2n) is 11.3. The zero-order valence-electron chi connectivity index (χ0n) is 22.0. The lowest BCUT2D eigenvalue weighted by atomic mass is 9.68. The van der Waals surface area contributed by atoms with Crippen molar-refractivity contribution in [3.8, 4) is 11.1 Å². The third-order valence-corrected chi connectivity index (χ3v) is 8.80. The van der Waals surface area contributed by atoms with E-state index in [1.807, 2.05) is 12.1 Å². The molecule has 0 spiro atoms. The Morgan fingerprint density at radius 3 is 1.74 bits per heavy atom. The van der Waals surface area contributed by atoms with Crippen LogP contribution in [0, 0.1) is 29.5 Å². The lowest BCUT2D eigenvalue weighted by molar-refractivity contribution is -0.432. The van der Waals surface area contributed by atoms with Gasteiger partial charge in [0, 0.05) is 0 Å². The van der Waals surface area contributed by atoms with Gasteiger partial charge in [0.1, 0.15) is 5.82 Å². The van der Waals surface area contributed by atoms with Crippen LogP contribution in [-0.2, 0) is 17.3 Å². The predicted octanol–water partition coefficient (Wildman–Crippen LogP) is 10.4. The Balaban J connectivity index is 1.25. The summed E-state index contributed by atoms with van der Waals surface area (Å²) in [6.45, 7) is 2.29. The summed E-state index contributed by atoms with van der Waals surface area (Å²) in [6.07, 6.45) is 5.36. The molecule has 0 aromatic heterocycles. The van der Waals surface area contributed by atoms with Crippen molar-refractivity contribution in [2.24, 2.45) is 23.7 Å². The fourth-order valence-electron chi connectivity index (χ4n) is 6.67. The molecule has 2 saturated carbocycles. The molecule has 0 N–H and O–H groups in total. The molecule has 4 rings (SSSR count). The van der Waals surface area contributed by atoms with Crippen LogP contribution in [0.1, 0.15) is 88.7 Å². The molecular weight excluding hydrogens is 502 g/mol. The first kappa shape index (κ1) is 29.0. The van der Waals surface area contributed by atoms with Gasteiger partial charge in [0.05, 0.1) is 5.56 Å². The molecule has 7 heteroatoms. The normalized spacial score (nSPS) is 24.9. The second kappa shape index (κ2) is 12.4. The standard InChI is InChI=1S/C31H38F6O/c1-2-3-21-6-12-24(13-7-21)25-14-8-22(9-15-25)4-5-23-10-16-26(17-11-23)27-18-19-28(29(32)20-27)30(33,34)38-31(35,36)37/h10-11,16-22,24-25H,2-9,12-15H2,1H3. The summed E-state index contributed by atoms with van der Waals surface area (Å²) in [6, 6.07) is 10.1. The van der Waals surface area contributed by atoms with Gasteiger partial charge in [-0.25, -0.2) is 9.13 Å². The molecule has 2 fully saturated rings.